The quantitative estimate of drug-likeness (QED) is 0.448. The number of pyridine rings is 1. The fraction of sp³-hybridized carbons (Fsp3) is 0.100. The summed E-state index contributed by atoms with van der Waals surface area (Å²) in [6.07, 6.45) is 1.76. The number of nitrogens with zero attached hydrogens (tertiary/aromatic N) is 5. The van der Waals surface area contributed by atoms with Gasteiger partial charge in [-0.05, 0) is 47.5 Å². The molecule has 0 atom stereocenters. The zero-order valence-corrected chi connectivity index (χ0v) is 16.9. The van der Waals surface area contributed by atoms with Crippen molar-refractivity contribution in [2.24, 2.45) is 0 Å². The summed E-state index contributed by atoms with van der Waals surface area (Å²) in [4.78, 5) is 6.10. The van der Waals surface area contributed by atoms with Crippen LogP contribution in [0.15, 0.2) is 60.8 Å². The highest BCUT2D eigenvalue weighted by Crippen LogP contribution is 2.36. The molecule has 2 aromatic heterocycles. The molecule has 0 saturated heterocycles. The molecule has 0 aliphatic carbocycles. The van der Waals surface area contributed by atoms with Gasteiger partial charge < -0.3 is 9.64 Å². The Balaban J connectivity index is 1.63. The van der Waals surface area contributed by atoms with E-state index >= 15 is 0 Å². The third-order valence-corrected chi connectivity index (χ3v) is 4.95. The summed E-state index contributed by atoms with van der Waals surface area (Å²) in [6, 6.07) is 16.9. The van der Waals surface area contributed by atoms with E-state index in [9.17, 15) is 0 Å². The van der Waals surface area contributed by atoms with Crippen LogP contribution in [-0.2, 0) is 6.54 Å². The first kappa shape index (κ1) is 19.2. The molecule has 0 aliphatic heterocycles. The summed E-state index contributed by atoms with van der Waals surface area (Å²) in [5, 5.41) is 15.2. The van der Waals surface area contributed by atoms with Crippen LogP contribution in [0.5, 0.6) is 11.6 Å². The number of aromatic amines is 1. The second kappa shape index (κ2) is 8.46. The van der Waals surface area contributed by atoms with Gasteiger partial charge in [0, 0.05) is 12.3 Å². The first-order chi connectivity index (χ1) is 14.1. The zero-order valence-electron chi connectivity index (χ0n) is 15.4. The van der Waals surface area contributed by atoms with E-state index in [-0.39, 0.29) is 0 Å². The van der Waals surface area contributed by atoms with E-state index in [0.717, 1.165) is 11.1 Å². The number of tetrazole rings is 1. The van der Waals surface area contributed by atoms with Gasteiger partial charge in [0.05, 0.1) is 22.3 Å². The number of anilines is 2. The lowest BCUT2D eigenvalue weighted by Crippen LogP contribution is -2.18. The van der Waals surface area contributed by atoms with Crippen molar-refractivity contribution in [3.05, 3.63) is 82.0 Å². The molecule has 1 N–H and O–H groups in total. The highest BCUT2D eigenvalue weighted by Gasteiger charge is 2.19. The molecule has 0 aliphatic rings. The molecule has 0 fully saturated rings. The molecule has 0 amide bonds. The Kier molecular flexibility index (Phi) is 5.59. The second-order valence-corrected chi connectivity index (χ2v) is 7.08. The van der Waals surface area contributed by atoms with Gasteiger partial charge in [-0.2, -0.15) is 5.21 Å². The van der Waals surface area contributed by atoms with Crippen LogP contribution in [0, 0.1) is 6.92 Å². The van der Waals surface area contributed by atoms with Crippen LogP contribution in [0.2, 0.25) is 10.0 Å². The first-order valence-electron chi connectivity index (χ1n) is 8.74. The van der Waals surface area contributed by atoms with Crippen LogP contribution in [0.3, 0.4) is 0 Å². The Morgan fingerprint density at radius 3 is 2.69 bits per heavy atom. The maximum Gasteiger partial charge on any atom is 0.270 e. The molecule has 0 saturated carbocycles. The van der Waals surface area contributed by atoms with Gasteiger partial charge in [-0.15, -0.1) is 5.10 Å². The topological polar surface area (TPSA) is 79.8 Å². The highest BCUT2D eigenvalue weighted by molar-refractivity contribution is 6.43. The van der Waals surface area contributed by atoms with Gasteiger partial charge in [0.2, 0.25) is 5.88 Å². The number of hydrogen-bond acceptors (Lipinski definition) is 6. The molecule has 0 bridgehead atoms. The van der Waals surface area contributed by atoms with Crippen molar-refractivity contribution in [2.45, 2.75) is 13.5 Å². The average molecular weight is 427 g/mol. The monoisotopic (exact) mass is 426 g/mol. The third-order valence-electron chi connectivity index (χ3n) is 4.14. The van der Waals surface area contributed by atoms with Crippen molar-refractivity contribution >= 4 is 34.8 Å². The molecular weight excluding hydrogens is 411 g/mol. The second-order valence-electron chi connectivity index (χ2n) is 6.29. The predicted molar refractivity (Wildman–Crippen MR) is 112 cm³/mol. The summed E-state index contributed by atoms with van der Waals surface area (Å²) < 4.78 is 5.87. The molecule has 0 spiro atoms. The van der Waals surface area contributed by atoms with E-state index in [1.807, 2.05) is 60.4 Å². The lowest BCUT2D eigenvalue weighted by Gasteiger charge is -2.22. The van der Waals surface area contributed by atoms with Gasteiger partial charge in [0.15, 0.2) is 0 Å². The fourth-order valence-corrected chi connectivity index (χ4v) is 3.16. The smallest absolute Gasteiger partial charge is 0.270 e. The molecule has 4 rings (SSSR count). The van der Waals surface area contributed by atoms with Crippen LogP contribution in [0.1, 0.15) is 11.1 Å². The Morgan fingerprint density at radius 1 is 1.07 bits per heavy atom. The molecule has 7 nitrogen and oxygen atoms in total. The number of benzene rings is 2. The number of ether oxygens (including phenoxy) is 1. The number of H-pyrrole nitrogens is 1. The van der Waals surface area contributed by atoms with Crippen LogP contribution in [-0.4, -0.2) is 25.6 Å². The van der Waals surface area contributed by atoms with Gasteiger partial charge in [-0.1, -0.05) is 52.6 Å². The number of aryl methyl sites for hydroxylation is 1. The van der Waals surface area contributed by atoms with Gasteiger partial charge >= 0.3 is 0 Å². The summed E-state index contributed by atoms with van der Waals surface area (Å²) in [7, 11) is 0. The molecule has 146 valence electrons. The molecule has 29 heavy (non-hydrogen) atoms. The first-order valence-corrected chi connectivity index (χ1v) is 9.50. The summed E-state index contributed by atoms with van der Waals surface area (Å²) in [5.74, 6) is 1.57. The minimum atomic E-state index is 0.376. The highest BCUT2D eigenvalue weighted by atomic mass is 35.5. The molecule has 0 radical (unpaired) electrons. The standard InChI is InChI=1S/C20H16Cl2N6O/c1-13-8-9-18(23-11-13)29-15-5-2-4-14(10-15)12-28(20-24-26-27-25-20)17-7-3-6-16(21)19(17)22/h2-11H,12H2,1H3,(H,24,25,26,27). The van der Waals surface area contributed by atoms with E-state index < -0.39 is 0 Å². The minimum absolute atomic E-state index is 0.376. The zero-order chi connectivity index (χ0) is 20.2. The Labute approximate surface area is 177 Å². The van der Waals surface area contributed by atoms with Crippen molar-refractivity contribution in [3.63, 3.8) is 0 Å². The maximum atomic E-state index is 6.43. The molecule has 0 unspecified atom stereocenters. The normalized spacial score (nSPS) is 10.7. The van der Waals surface area contributed by atoms with Gasteiger partial charge in [-0.3, -0.25) is 0 Å². The van der Waals surface area contributed by atoms with Crippen molar-refractivity contribution in [1.29, 1.82) is 0 Å². The van der Waals surface area contributed by atoms with Crippen molar-refractivity contribution in [3.8, 4) is 11.6 Å². The van der Waals surface area contributed by atoms with Gasteiger partial charge in [0.1, 0.15) is 5.75 Å². The van der Waals surface area contributed by atoms with Gasteiger partial charge in [0.25, 0.3) is 5.95 Å². The van der Waals surface area contributed by atoms with Crippen LogP contribution in [0.25, 0.3) is 0 Å². The number of aromatic nitrogens is 5. The summed E-state index contributed by atoms with van der Waals surface area (Å²) >= 11 is 12.6. The lowest BCUT2D eigenvalue weighted by molar-refractivity contribution is 0.462. The van der Waals surface area contributed by atoms with E-state index in [1.165, 1.54) is 0 Å². The van der Waals surface area contributed by atoms with Crippen molar-refractivity contribution < 1.29 is 4.74 Å². The largest absolute Gasteiger partial charge is 0.439 e. The Hall–Kier alpha value is -3.16. The molecule has 9 heteroatoms. The molecule has 2 heterocycles. The Morgan fingerprint density at radius 2 is 1.93 bits per heavy atom. The van der Waals surface area contributed by atoms with Crippen LogP contribution < -0.4 is 9.64 Å². The average Bonchev–Trinajstić information content (AvgIpc) is 3.25. The number of rotatable bonds is 6. The Bertz CT molecular complexity index is 1100. The number of halogens is 2. The van der Waals surface area contributed by atoms with E-state index in [1.54, 1.807) is 12.3 Å². The molecular formula is C20H16Cl2N6O. The predicted octanol–water partition coefficient (Wildman–Crippen LogP) is 5.34. The lowest BCUT2D eigenvalue weighted by atomic mass is 10.2. The van der Waals surface area contributed by atoms with E-state index in [2.05, 4.69) is 25.6 Å². The maximum absolute atomic E-state index is 6.43. The fourth-order valence-electron chi connectivity index (χ4n) is 2.76. The molecule has 2 aromatic carbocycles. The van der Waals surface area contributed by atoms with E-state index in [0.29, 0.717) is 39.9 Å². The van der Waals surface area contributed by atoms with Crippen LogP contribution in [0.4, 0.5) is 11.6 Å². The third kappa shape index (κ3) is 4.47. The van der Waals surface area contributed by atoms with Gasteiger partial charge in [-0.25, -0.2) is 4.98 Å². The number of nitrogens with one attached hydrogen (secondary N) is 1. The van der Waals surface area contributed by atoms with Crippen LogP contribution >= 0.6 is 23.2 Å². The minimum Gasteiger partial charge on any atom is -0.439 e. The molecule has 4 aromatic rings. The SMILES string of the molecule is Cc1ccc(Oc2cccc(CN(c3nn[nH]n3)c3cccc(Cl)c3Cl)c2)nc1. The van der Waals surface area contributed by atoms with E-state index in [4.69, 9.17) is 27.9 Å². The van der Waals surface area contributed by atoms with Crippen molar-refractivity contribution in [1.82, 2.24) is 25.6 Å². The summed E-state index contributed by atoms with van der Waals surface area (Å²) in [6.45, 7) is 2.41. The number of hydrogen-bond donors (Lipinski definition) is 1. The summed E-state index contributed by atoms with van der Waals surface area (Å²) in [5.41, 5.74) is 2.70. The van der Waals surface area contributed by atoms with Crippen molar-refractivity contribution in [2.75, 3.05) is 4.90 Å².